The van der Waals surface area contributed by atoms with Crippen LogP contribution in [0.3, 0.4) is 0 Å². The van der Waals surface area contributed by atoms with Crippen LogP contribution in [0.15, 0.2) is 30.5 Å². The molecule has 0 aliphatic heterocycles. The van der Waals surface area contributed by atoms with Crippen LogP contribution < -0.4 is 5.32 Å². The third-order valence-corrected chi connectivity index (χ3v) is 3.07. The molecule has 0 aliphatic rings. The number of aromatic nitrogens is 2. The van der Waals surface area contributed by atoms with E-state index in [2.05, 4.69) is 15.5 Å². The van der Waals surface area contributed by atoms with Crippen molar-refractivity contribution in [3.8, 4) is 0 Å². The Morgan fingerprint density at radius 2 is 2.06 bits per heavy atom. The molecule has 18 heavy (non-hydrogen) atoms. The second-order valence-corrected chi connectivity index (χ2v) is 4.34. The van der Waals surface area contributed by atoms with Gasteiger partial charge in [0, 0.05) is 11.4 Å². The van der Waals surface area contributed by atoms with Crippen molar-refractivity contribution in [2.45, 2.75) is 19.9 Å². The van der Waals surface area contributed by atoms with Gasteiger partial charge < -0.3 is 10.4 Å². The summed E-state index contributed by atoms with van der Waals surface area (Å²) in [5.41, 5.74) is 1.60. The number of nitrogens with one attached hydrogen (secondary N) is 1. The molecule has 0 aliphatic carbocycles. The molecule has 2 aromatic rings. The molecule has 2 N–H and O–H groups in total. The highest BCUT2D eigenvalue weighted by molar-refractivity contribution is 5.90. The number of fused-ring (bicyclic) bond motifs is 1. The van der Waals surface area contributed by atoms with E-state index in [0.717, 1.165) is 16.6 Å². The van der Waals surface area contributed by atoms with Crippen molar-refractivity contribution >= 4 is 22.6 Å². The van der Waals surface area contributed by atoms with Crippen LogP contribution in [0.4, 0.5) is 5.69 Å². The third kappa shape index (κ3) is 2.40. The molecule has 94 valence electrons. The molecule has 1 heterocycles. The minimum absolute atomic E-state index is 0.185. The van der Waals surface area contributed by atoms with Crippen LogP contribution in [0.2, 0.25) is 0 Å². The van der Waals surface area contributed by atoms with Crippen molar-refractivity contribution in [2.24, 2.45) is 5.92 Å². The molecule has 5 heteroatoms. The first kappa shape index (κ1) is 12.3. The van der Waals surface area contributed by atoms with Crippen molar-refractivity contribution in [2.75, 3.05) is 5.32 Å². The molecular formula is C13H15N3O2. The summed E-state index contributed by atoms with van der Waals surface area (Å²) in [6, 6.07) is 7.43. The second-order valence-electron chi connectivity index (χ2n) is 4.34. The summed E-state index contributed by atoms with van der Waals surface area (Å²) in [4.78, 5) is 10.9. The van der Waals surface area contributed by atoms with Crippen molar-refractivity contribution in [1.82, 2.24) is 10.2 Å². The van der Waals surface area contributed by atoms with Gasteiger partial charge in [0.05, 0.1) is 23.3 Å². The Kier molecular flexibility index (Phi) is 3.41. The number of carboxylic acid groups (broad SMARTS) is 1. The summed E-state index contributed by atoms with van der Waals surface area (Å²) in [5.74, 6) is -1.29. The van der Waals surface area contributed by atoms with E-state index < -0.39 is 11.9 Å². The SMILES string of the molecule is CC(Nc1cnnc2ccccc12)C(C)C(=O)O. The molecule has 0 amide bonds. The molecule has 0 spiro atoms. The zero-order valence-corrected chi connectivity index (χ0v) is 10.3. The molecular weight excluding hydrogens is 230 g/mol. The van der Waals surface area contributed by atoms with Crippen LogP contribution in [0.25, 0.3) is 10.9 Å². The Hall–Kier alpha value is -2.17. The van der Waals surface area contributed by atoms with Crippen LogP contribution in [0.1, 0.15) is 13.8 Å². The molecule has 0 bridgehead atoms. The average Bonchev–Trinajstić information content (AvgIpc) is 2.38. The monoisotopic (exact) mass is 245 g/mol. The average molecular weight is 245 g/mol. The number of nitrogens with zero attached hydrogens (tertiary/aromatic N) is 2. The van der Waals surface area contributed by atoms with Crippen LogP contribution in [-0.4, -0.2) is 27.3 Å². The Balaban J connectivity index is 2.29. The predicted octanol–water partition coefficient (Wildman–Crippen LogP) is 2.15. The van der Waals surface area contributed by atoms with Crippen molar-refractivity contribution in [3.63, 3.8) is 0 Å². The maximum absolute atomic E-state index is 10.9. The van der Waals surface area contributed by atoms with Gasteiger partial charge in [0.2, 0.25) is 0 Å². The molecule has 0 fully saturated rings. The van der Waals surface area contributed by atoms with Gasteiger partial charge in [0.15, 0.2) is 0 Å². The Morgan fingerprint density at radius 1 is 1.33 bits per heavy atom. The number of anilines is 1. The van der Waals surface area contributed by atoms with E-state index in [4.69, 9.17) is 5.11 Å². The maximum Gasteiger partial charge on any atom is 0.308 e. The Labute approximate surface area is 105 Å². The smallest absolute Gasteiger partial charge is 0.308 e. The maximum atomic E-state index is 10.9. The van der Waals surface area contributed by atoms with E-state index in [9.17, 15) is 4.79 Å². The number of rotatable bonds is 4. The number of hydrogen-bond acceptors (Lipinski definition) is 4. The summed E-state index contributed by atoms with van der Waals surface area (Å²) >= 11 is 0. The zero-order valence-electron chi connectivity index (χ0n) is 10.3. The number of carbonyl (C=O) groups is 1. The number of carboxylic acids is 1. The van der Waals surface area contributed by atoms with Crippen LogP contribution in [-0.2, 0) is 4.79 Å². The Bertz CT molecular complexity index is 566. The first-order chi connectivity index (χ1) is 8.59. The standard InChI is InChI=1S/C13H15N3O2/c1-8(13(17)18)9(2)15-12-7-14-16-11-6-4-3-5-10(11)12/h3-9H,1-2H3,(H,15,16)(H,17,18). The quantitative estimate of drug-likeness (QED) is 0.863. The van der Waals surface area contributed by atoms with E-state index in [1.165, 1.54) is 0 Å². The Morgan fingerprint density at radius 3 is 2.78 bits per heavy atom. The molecule has 0 saturated heterocycles. The number of aliphatic carboxylic acids is 1. The van der Waals surface area contributed by atoms with Gasteiger partial charge in [-0.25, -0.2) is 0 Å². The molecule has 1 aromatic heterocycles. The third-order valence-electron chi connectivity index (χ3n) is 3.07. The van der Waals surface area contributed by atoms with Gasteiger partial charge in [0.25, 0.3) is 0 Å². The number of benzene rings is 1. The lowest BCUT2D eigenvalue weighted by Crippen LogP contribution is -2.29. The summed E-state index contributed by atoms with van der Waals surface area (Å²) in [6.45, 7) is 3.52. The predicted molar refractivity (Wildman–Crippen MR) is 69.4 cm³/mol. The minimum atomic E-state index is -0.818. The molecule has 0 radical (unpaired) electrons. The van der Waals surface area contributed by atoms with Gasteiger partial charge in [0.1, 0.15) is 0 Å². The normalized spacial score (nSPS) is 14.1. The fourth-order valence-electron chi connectivity index (χ4n) is 1.71. The van der Waals surface area contributed by atoms with Gasteiger partial charge >= 0.3 is 5.97 Å². The topological polar surface area (TPSA) is 75.1 Å². The molecule has 0 saturated carbocycles. The van der Waals surface area contributed by atoms with Crippen LogP contribution in [0.5, 0.6) is 0 Å². The molecule has 5 nitrogen and oxygen atoms in total. The zero-order chi connectivity index (χ0) is 13.1. The first-order valence-corrected chi connectivity index (χ1v) is 5.79. The van der Waals surface area contributed by atoms with E-state index >= 15 is 0 Å². The lowest BCUT2D eigenvalue weighted by Gasteiger charge is -2.19. The van der Waals surface area contributed by atoms with Crippen LogP contribution in [0, 0.1) is 5.92 Å². The molecule has 2 unspecified atom stereocenters. The fraction of sp³-hybridized carbons (Fsp3) is 0.308. The second kappa shape index (κ2) is 5.00. The van der Waals surface area contributed by atoms with Crippen molar-refractivity contribution in [1.29, 1.82) is 0 Å². The number of hydrogen-bond donors (Lipinski definition) is 2. The lowest BCUT2D eigenvalue weighted by atomic mass is 10.0. The van der Waals surface area contributed by atoms with Gasteiger partial charge in [-0.1, -0.05) is 18.2 Å². The highest BCUT2D eigenvalue weighted by Crippen LogP contribution is 2.21. The molecule has 2 atom stereocenters. The van der Waals surface area contributed by atoms with Gasteiger partial charge in [-0.2, -0.15) is 10.2 Å². The summed E-state index contributed by atoms with van der Waals surface area (Å²) in [7, 11) is 0. The molecule has 1 aromatic carbocycles. The highest BCUT2D eigenvalue weighted by Gasteiger charge is 2.19. The minimum Gasteiger partial charge on any atom is -0.481 e. The van der Waals surface area contributed by atoms with E-state index in [-0.39, 0.29) is 6.04 Å². The lowest BCUT2D eigenvalue weighted by molar-refractivity contribution is -0.141. The first-order valence-electron chi connectivity index (χ1n) is 5.79. The summed E-state index contributed by atoms with van der Waals surface area (Å²) < 4.78 is 0. The van der Waals surface area contributed by atoms with Crippen molar-refractivity contribution in [3.05, 3.63) is 30.5 Å². The molecule has 2 rings (SSSR count). The largest absolute Gasteiger partial charge is 0.481 e. The van der Waals surface area contributed by atoms with E-state index in [0.29, 0.717) is 0 Å². The van der Waals surface area contributed by atoms with Crippen LogP contribution >= 0.6 is 0 Å². The van der Waals surface area contributed by atoms with E-state index in [1.54, 1.807) is 13.1 Å². The summed E-state index contributed by atoms with van der Waals surface area (Å²) in [6.07, 6.45) is 1.62. The van der Waals surface area contributed by atoms with E-state index in [1.807, 2.05) is 31.2 Å². The van der Waals surface area contributed by atoms with Gasteiger partial charge in [-0.15, -0.1) is 0 Å². The van der Waals surface area contributed by atoms with Crippen molar-refractivity contribution < 1.29 is 9.90 Å². The fourth-order valence-corrected chi connectivity index (χ4v) is 1.71. The van der Waals surface area contributed by atoms with Gasteiger partial charge in [-0.3, -0.25) is 4.79 Å². The van der Waals surface area contributed by atoms with Gasteiger partial charge in [-0.05, 0) is 19.9 Å². The summed E-state index contributed by atoms with van der Waals surface area (Å²) in [5, 5.41) is 21.0. The highest BCUT2D eigenvalue weighted by atomic mass is 16.4.